The second-order valence-corrected chi connectivity index (χ2v) is 5.65. The van der Waals surface area contributed by atoms with E-state index >= 15 is 0 Å². The first-order chi connectivity index (χ1) is 8.72. The predicted octanol–water partition coefficient (Wildman–Crippen LogP) is 1.02. The lowest BCUT2D eigenvalue weighted by Gasteiger charge is -2.34. The van der Waals surface area contributed by atoms with Crippen LogP contribution in [0.5, 0.6) is 0 Å². The highest BCUT2D eigenvalue weighted by molar-refractivity contribution is 4.71. The van der Waals surface area contributed by atoms with E-state index < -0.39 is 0 Å². The summed E-state index contributed by atoms with van der Waals surface area (Å²) in [5.41, 5.74) is 5.51. The van der Waals surface area contributed by atoms with Gasteiger partial charge in [-0.1, -0.05) is 13.8 Å². The Balaban J connectivity index is 1.98. The van der Waals surface area contributed by atoms with E-state index in [2.05, 4.69) is 23.6 Å². The molecule has 0 saturated carbocycles. The molecular weight excluding hydrogens is 226 g/mol. The van der Waals surface area contributed by atoms with Gasteiger partial charge in [-0.2, -0.15) is 0 Å². The van der Waals surface area contributed by atoms with Gasteiger partial charge in [0, 0.05) is 39.3 Å². The van der Waals surface area contributed by atoms with Crippen molar-refractivity contribution in [1.82, 2.24) is 9.80 Å². The van der Waals surface area contributed by atoms with Crippen molar-refractivity contribution in [1.29, 1.82) is 0 Å². The molecule has 2 N–H and O–H groups in total. The van der Waals surface area contributed by atoms with Crippen LogP contribution in [-0.4, -0.2) is 68.8 Å². The maximum absolute atomic E-state index is 5.63. The minimum absolute atomic E-state index is 0.643. The molecule has 0 aromatic carbocycles. The van der Waals surface area contributed by atoms with Crippen molar-refractivity contribution < 1.29 is 4.74 Å². The second kappa shape index (κ2) is 9.73. The Morgan fingerprint density at radius 3 is 2.17 bits per heavy atom. The molecule has 4 nitrogen and oxygen atoms in total. The Morgan fingerprint density at radius 2 is 1.61 bits per heavy atom. The van der Waals surface area contributed by atoms with Crippen LogP contribution in [0.4, 0.5) is 0 Å². The van der Waals surface area contributed by atoms with Gasteiger partial charge in [0.15, 0.2) is 0 Å². The number of ether oxygens (including phenoxy) is 1. The Hall–Kier alpha value is -0.160. The summed E-state index contributed by atoms with van der Waals surface area (Å²) < 4.78 is 5.63. The van der Waals surface area contributed by atoms with Crippen LogP contribution in [0.3, 0.4) is 0 Å². The van der Waals surface area contributed by atoms with Gasteiger partial charge in [0.05, 0.1) is 6.61 Å². The summed E-state index contributed by atoms with van der Waals surface area (Å²) in [5.74, 6) is 0.643. The van der Waals surface area contributed by atoms with E-state index in [4.69, 9.17) is 10.5 Å². The standard InChI is InChI=1S/C14H31N3O/c1-14(2)13-18-12-11-17-9-7-16(8-10-17)6-4-3-5-15/h14H,3-13,15H2,1-2H3. The van der Waals surface area contributed by atoms with Crippen LogP contribution in [0, 0.1) is 5.92 Å². The molecule has 108 valence electrons. The molecule has 0 amide bonds. The van der Waals surface area contributed by atoms with Crippen LogP contribution >= 0.6 is 0 Å². The number of rotatable bonds is 9. The first kappa shape index (κ1) is 15.9. The number of nitrogens with zero attached hydrogens (tertiary/aromatic N) is 2. The molecule has 0 bridgehead atoms. The van der Waals surface area contributed by atoms with Gasteiger partial charge >= 0.3 is 0 Å². The second-order valence-electron chi connectivity index (χ2n) is 5.65. The van der Waals surface area contributed by atoms with Gasteiger partial charge in [0.1, 0.15) is 0 Å². The van der Waals surface area contributed by atoms with E-state index in [1.807, 2.05) is 0 Å². The fraction of sp³-hybridized carbons (Fsp3) is 1.00. The van der Waals surface area contributed by atoms with Crippen molar-refractivity contribution >= 4 is 0 Å². The first-order valence-electron chi connectivity index (χ1n) is 7.45. The zero-order valence-corrected chi connectivity index (χ0v) is 12.2. The molecule has 1 aliphatic rings. The van der Waals surface area contributed by atoms with Crippen LogP contribution in [0.25, 0.3) is 0 Å². The third-order valence-corrected chi connectivity index (χ3v) is 3.40. The highest BCUT2D eigenvalue weighted by Gasteiger charge is 2.15. The largest absolute Gasteiger partial charge is 0.380 e. The van der Waals surface area contributed by atoms with Crippen molar-refractivity contribution in [3.05, 3.63) is 0 Å². The monoisotopic (exact) mass is 257 g/mol. The summed E-state index contributed by atoms with van der Waals surface area (Å²) in [6, 6.07) is 0. The molecule has 1 rings (SSSR count). The van der Waals surface area contributed by atoms with Crippen LogP contribution < -0.4 is 5.73 Å². The molecule has 4 heteroatoms. The van der Waals surface area contributed by atoms with Crippen molar-refractivity contribution in [3.8, 4) is 0 Å². The topological polar surface area (TPSA) is 41.7 Å². The fourth-order valence-corrected chi connectivity index (χ4v) is 2.23. The van der Waals surface area contributed by atoms with Gasteiger partial charge in [0.2, 0.25) is 0 Å². The van der Waals surface area contributed by atoms with E-state index in [9.17, 15) is 0 Å². The molecule has 0 aromatic rings. The number of unbranched alkanes of at least 4 members (excludes halogenated alkanes) is 1. The van der Waals surface area contributed by atoms with Crippen molar-refractivity contribution in [3.63, 3.8) is 0 Å². The predicted molar refractivity (Wildman–Crippen MR) is 76.8 cm³/mol. The molecule has 0 radical (unpaired) electrons. The summed E-state index contributed by atoms with van der Waals surface area (Å²) >= 11 is 0. The summed E-state index contributed by atoms with van der Waals surface area (Å²) in [5, 5.41) is 0. The average Bonchev–Trinajstić information content (AvgIpc) is 2.36. The quantitative estimate of drug-likeness (QED) is 0.626. The molecule has 1 fully saturated rings. The molecule has 0 spiro atoms. The molecule has 0 unspecified atom stereocenters. The van der Waals surface area contributed by atoms with Gasteiger partial charge in [-0.15, -0.1) is 0 Å². The maximum atomic E-state index is 5.63. The Bertz CT molecular complexity index is 191. The molecule has 1 heterocycles. The normalized spacial score (nSPS) is 18.7. The van der Waals surface area contributed by atoms with Gasteiger partial charge in [-0.05, 0) is 31.8 Å². The van der Waals surface area contributed by atoms with E-state index in [1.54, 1.807) is 0 Å². The molecule has 1 aliphatic heterocycles. The summed E-state index contributed by atoms with van der Waals surface area (Å²) in [6.45, 7) is 14.1. The first-order valence-corrected chi connectivity index (χ1v) is 7.45. The maximum Gasteiger partial charge on any atom is 0.0593 e. The van der Waals surface area contributed by atoms with Crippen LogP contribution in [-0.2, 0) is 4.74 Å². The lowest BCUT2D eigenvalue weighted by Crippen LogP contribution is -2.47. The van der Waals surface area contributed by atoms with Gasteiger partial charge < -0.3 is 15.4 Å². The van der Waals surface area contributed by atoms with E-state index in [1.165, 1.54) is 39.1 Å². The number of piperazine rings is 1. The number of nitrogens with two attached hydrogens (primary N) is 1. The smallest absolute Gasteiger partial charge is 0.0593 e. The van der Waals surface area contributed by atoms with Crippen LogP contribution in [0.1, 0.15) is 26.7 Å². The van der Waals surface area contributed by atoms with Crippen molar-refractivity contribution in [2.75, 3.05) is 59.0 Å². The molecule has 0 aromatic heterocycles. The van der Waals surface area contributed by atoms with Crippen LogP contribution in [0.15, 0.2) is 0 Å². The highest BCUT2D eigenvalue weighted by atomic mass is 16.5. The lowest BCUT2D eigenvalue weighted by molar-refractivity contribution is 0.0642. The van der Waals surface area contributed by atoms with E-state index in [-0.39, 0.29) is 0 Å². The molecule has 1 saturated heterocycles. The fourth-order valence-electron chi connectivity index (χ4n) is 2.23. The SMILES string of the molecule is CC(C)COCCN1CCN(CCCCN)CC1. The Morgan fingerprint density at radius 1 is 1.00 bits per heavy atom. The third-order valence-electron chi connectivity index (χ3n) is 3.40. The average molecular weight is 257 g/mol. The molecule has 0 aliphatic carbocycles. The van der Waals surface area contributed by atoms with Crippen LogP contribution in [0.2, 0.25) is 0 Å². The summed E-state index contributed by atoms with van der Waals surface area (Å²) in [4.78, 5) is 5.07. The lowest BCUT2D eigenvalue weighted by atomic mass is 10.2. The van der Waals surface area contributed by atoms with Gasteiger partial charge in [-0.25, -0.2) is 0 Å². The van der Waals surface area contributed by atoms with Gasteiger partial charge in [-0.3, -0.25) is 4.90 Å². The Kier molecular flexibility index (Phi) is 8.59. The zero-order valence-electron chi connectivity index (χ0n) is 12.2. The minimum atomic E-state index is 0.643. The molecular formula is C14H31N3O. The zero-order chi connectivity index (χ0) is 13.2. The molecule has 18 heavy (non-hydrogen) atoms. The molecule has 0 atom stereocenters. The summed E-state index contributed by atoms with van der Waals surface area (Å²) in [6.07, 6.45) is 2.40. The van der Waals surface area contributed by atoms with E-state index in [0.29, 0.717) is 5.92 Å². The van der Waals surface area contributed by atoms with E-state index in [0.717, 1.165) is 32.7 Å². The third kappa shape index (κ3) is 7.31. The minimum Gasteiger partial charge on any atom is -0.380 e. The summed E-state index contributed by atoms with van der Waals surface area (Å²) in [7, 11) is 0. The Labute approximate surface area is 112 Å². The highest BCUT2D eigenvalue weighted by Crippen LogP contribution is 2.03. The van der Waals surface area contributed by atoms with Crippen molar-refractivity contribution in [2.24, 2.45) is 11.7 Å². The number of hydrogen-bond acceptors (Lipinski definition) is 4. The number of hydrogen-bond donors (Lipinski definition) is 1. The van der Waals surface area contributed by atoms with Crippen molar-refractivity contribution in [2.45, 2.75) is 26.7 Å². The van der Waals surface area contributed by atoms with Gasteiger partial charge in [0.25, 0.3) is 0 Å².